The first-order valence-corrected chi connectivity index (χ1v) is 18.0. The standard InChI is InChI=1S/C41H55ClN4O2/c1-11-12-23-45-25-24-44(27-40(45,8)9)38(47)46-37(34-22-19-32(39(5,6)7)26-35(34)48-28(2)3)43-36(30-15-20-33(42)21-16-30)41(46,10)31-17-13-29(4)14-18-31/h13-22,26,28,36H,11-12,23-25,27H2,1-10H3/t36?,41-/m1/s1. The number of urea groups is 1. The number of rotatable bonds is 8. The maximum Gasteiger partial charge on any atom is 0.326 e. The zero-order valence-corrected chi connectivity index (χ0v) is 31.5. The summed E-state index contributed by atoms with van der Waals surface area (Å²) in [5, 5.41) is 0.666. The van der Waals surface area contributed by atoms with Crippen molar-refractivity contribution in [2.24, 2.45) is 4.99 Å². The van der Waals surface area contributed by atoms with Crippen molar-refractivity contribution < 1.29 is 9.53 Å². The molecule has 5 rings (SSSR count). The van der Waals surface area contributed by atoms with Gasteiger partial charge in [-0.15, -0.1) is 0 Å². The van der Waals surface area contributed by atoms with Gasteiger partial charge in [0.15, 0.2) is 0 Å². The molecule has 1 fully saturated rings. The van der Waals surface area contributed by atoms with E-state index in [1.807, 2.05) is 47.9 Å². The highest BCUT2D eigenvalue weighted by Crippen LogP contribution is 2.50. The number of carbonyl (C=O) groups is 1. The first-order valence-electron chi connectivity index (χ1n) is 17.6. The predicted octanol–water partition coefficient (Wildman–Crippen LogP) is 9.77. The van der Waals surface area contributed by atoms with E-state index >= 15 is 4.79 Å². The van der Waals surface area contributed by atoms with E-state index in [-0.39, 0.29) is 29.1 Å². The van der Waals surface area contributed by atoms with Crippen molar-refractivity contribution in [1.29, 1.82) is 0 Å². The lowest BCUT2D eigenvalue weighted by molar-refractivity contribution is 0.0245. The van der Waals surface area contributed by atoms with Crippen LogP contribution in [0.3, 0.4) is 0 Å². The van der Waals surface area contributed by atoms with Crippen molar-refractivity contribution in [3.8, 4) is 5.75 Å². The van der Waals surface area contributed by atoms with E-state index in [4.69, 9.17) is 21.3 Å². The molecule has 1 unspecified atom stereocenters. The van der Waals surface area contributed by atoms with E-state index in [0.717, 1.165) is 53.9 Å². The van der Waals surface area contributed by atoms with Crippen molar-refractivity contribution in [3.63, 3.8) is 0 Å². The molecule has 48 heavy (non-hydrogen) atoms. The molecule has 2 amide bonds. The van der Waals surface area contributed by atoms with Crippen LogP contribution in [0.25, 0.3) is 0 Å². The molecule has 2 aliphatic rings. The van der Waals surface area contributed by atoms with E-state index in [1.165, 1.54) is 5.56 Å². The average Bonchev–Trinajstić information content (AvgIpc) is 3.33. The highest BCUT2D eigenvalue weighted by Gasteiger charge is 2.54. The Morgan fingerprint density at radius 1 is 1.00 bits per heavy atom. The fraction of sp³-hybridized carbons (Fsp3) is 0.512. The smallest absolute Gasteiger partial charge is 0.326 e. The first-order chi connectivity index (χ1) is 22.6. The van der Waals surface area contributed by atoms with Crippen LogP contribution in [0.1, 0.15) is 109 Å². The van der Waals surface area contributed by atoms with Crippen LogP contribution in [0.4, 0.5) is 4.79 Å². The van der Waals surface area contributed by atoms with E-state index in [0.29, 0.717) is 23.9 Å². The number of ether oxygens (including phenoxy) is 1. The Morgan fingerprint density at radius 2 is 1.67 bits per heavy atom. The molecule has 258 valence electrons. The number of piperazine rings is 1. The number of hydrogen-bond donors (Lipinski definition) is 0. The Labute approximate surface area is 294 Å². The first kappa shape index (κ1) is 35.9. The van der Waals surface area contributed by atoms with Gasteiger partial charge in [0, 0.05) is 30.2 Å². The van der Waals surface area contributed by atoms with E-state index < -0.39 is 5.54 Å². The molecule has 1 saturated heterocycles. The largest absolute Gasteiger partial charge is 0.490 e. The number of unbranched alkanes of at least 4 members (excludes halogenated alkanes) is 1. The number of carbonyl (C=O) groups excluding carboxylic acids is 1. The maximum absolute atomic E-state index is 15.3. The Hall–Kier alpha value is -3.35. The van der Waals surface area contributed by atoms with Crippen LogP contribution in [-0.2, 0) is 11.0 Å². The van der Waals surface area contributed by atoms with E-state index in [1.54, 1.807) is 0 Å². The van der Waals surface area contributed by atoms with Crippen LogP contribution in [0, 0.1) is 6.92 Å². The van der Waals surface area contributed by atoms with Crippen LogP contribution in [0.15, 0.2) is 71.7 Å². The lowest BCUT2D eigenvalue weighted by Crippen LogP contribution is -2.64. The fourth-order valence-electron chi connectivity index (χ4n) is 7.13. The number of halogens is 1. The summed E-state index contributed by atoms with van der Waals surface area (Å²) in [5.74, 6) is 1.37. The molecule has 6 nitrogen and oxygen atoms in total. The summed E-state index contributed by atoms with van der Waals surface area (Å²) in [5.41, 5.74) is 4.10. The van der Waals surface area contributed by atoms with Gasteiger partial charge in [-0.2, -0.15) is 0 Å². The van der Waals surface area contributed by atoms with E-state index in [9.17, 15) is 0 Å². The van der Waals surface area contributed by atoms with Gasteiger partial charge in [0.05, 0.1) is 17.2 Å². The van der Waals surface area contributed by atoms with Crippen LogP contribution in [-0.4, -0.2) is 64.4 Å². The van der Waals surface area contributed by atoms with Crippen molar-refractivity contribution in [3.05, 3.63) is 99.6 Å². The van der Waals surface area contributed by atoms with Gasteiger partial charge in [-0.05, 0) is 101 Å². The van der Waals surface area contributed by atoms with Crippen LogP contribution < -0.4 is 4.74 Å². The number of hydrogen-bond acceptors (Lipinski definition) is 4. The van der Waals surface area contributed by atoms with Gasteiger partial charge in [-0.25, -0.2) is 4.79 Å². The average molecular weight is 671 g/mol. The summed E-state index contributed by atoms with van der Waals surface area (Å²) in [6.07, 6.45) is 2.24. The van der Waals surface area contributed by atoms with E-state index in [2.05, 4.69) is 103 Å². The van der Waals surface area contributed by atoms with Crippen molar-refractivity contribution >= 4 is 23.5 Å². The quantitative estimate of drug-likeness (QED) is 0.240. The molecule has 3 aromatic rings. The molecule has 0 saturated carbocycles. The highest BCUT2D eigenvalue weighted by atomic mass is 35.5. The van der Waals surface area contributed by atoms with Crippen LogP contribution in [0.5, 0.6) is 5.75 Å². The van der Waals surface area contributed by atoms with Crippen molar-refractivity contribution in [1.82, 2.24) is 14.7 Å². The van der Waals surface area contributed by atoms with Crippen LogP contribution >= 0.6 is 11.6 Å². The Morgan fingerprint density at radius 3 is 2.25 bits per heavy atom. The molecule has 2 aliphatic heterocycles. The molecule has 7 heteroatoms. The molecular formula is C41H55ClN4O2. The van der Waals surface area contributed by atoms with Crippen LogP contribution in [0.2, 0.25) is 5.02 Å². The highest BCUT2D eigenvalue weighted by molar-refractivity contribution is 6.30. The van der Waals surface area contributed by atoms with Gasteiger partial charge >= 0.3 is 6.03 Å². The normalized spacial score (nSPS) is 21.5. The number of aryl methyl sites for hydroxylation is 1. The summed E-state index contributed by atoms with van der Waals surface area (Å²) >= 11 is 6.39. The number of nitrogens with zero attached hydrogens (tertiary/aromatic N) is 4. The second-order valence-corrected chi connectivity index (χ2v) is 16.2. The van der Waals surface area contributed by atoms with Gasteiger partial charge in [0.2, 0.25) is 0 Å². The van der Waals surface area contributed by atoms with Gasteiger partial charge in [0.25, 0.3) is 0 Å². The maximum atomic E-state index is 15.3. The predicted molar refractivity (Wildman–Crippen MR) is 200 cm³/mol. The SMILES string of the molecule is CCCCN1CCN(C(=O)N2C(c3ccc(C(C)(C)C)cc3OC(C)C)=NC(c3ccc(Cl)cc3)[C@@]2(C)c2ccc(C)cc2)CC1(C)C. The number of benzene rings is 3. The summed E-state index contributed by atoms with van der Waals surface area (Å²) in [6, 6.07) is 22.4. The molecule has 0 aliphatic carbocycles. The fourth-order valence-corrected chi connectivity index (χ4v) is 7.26. The summed E-state index contributed by atoms with van der Waals surface area (Å²) in [7, 11) is 0. The minimum Gasteiger partial charge on any atom is -0.490 e. The molecule has 0 bridgehead atoms. The minimum absolute atomic E-state index is 0.0353. The molecular weight excluding hydrogens is 616 g/mol. The Kier molecular flexibility index (Phi) is 10.4. The zero-order chi connectivity index (χ0) is 35.0. The molecule has 2 atom stereocenters. The number of aliphatic imine (C=N–C) groups is 1. The van der Waals surface area contributed by atoms with Crippen molar-refractivity contribution in [2.75, 3.05) is 26.2 Å². The third kappa shape index (κ3) is 7.16. The number of amides is 2. The summed E-state index contributed by atoms with van der Waals surface area (Å²) in [6.45, 7) is 24.9. The number of amidine groups is 1. The Bertz CT molecular complexity index is 1620. The second kappa shape index (κ2) is 13.9. The van der Waals surface area contributed by atoms with Gasteiger partial charge < -0.3 is 9.64 Å². The van der Waals surface area contributed by atoms with Crippen molar-refractivity contribution in [2.45, 2.75) is 111 Å². The molecule has 0 N–H and O–H groups in total. The molecule has 0 radical (unpaired) electrons. The van der Waals surface area contributed by atoms with Gasteiger partial charge in [0.1, 0.15) is 17.6 Å². The Balaban J connectivity index is 1.72. The lowest BCUT2D eigenvalue weighted by Gasteiger charge is -2.49. The molecule has 0 aromatic heterocycles. The lowest BCUT2D eigenvalue weighted by atomic mass is 9.80. The molecule has 2 heterocycles. The summed E-state index contributed by atoms with van der Waals surface area (Å²) < 4.78 is 6.54. The monoisotopic (exact) mass is 670 g/mol. The molecule has 0 spiro atoms. The topological polar surface area (TPSA) is 48.4 Å². The minimum atomic E-state index is -0.838. The third-order valence-electron chi connectivity index (χ3n) is 10.1. The third-order valence-corrected chi connectivity index (χ3v) is 10.3. The molecule has 3 aromatic carbocycles. The summed E-state index contributed by atoms with van der Waals surface area (Å²) in [4.78, 5) is 27.4. The zero-order valence-electron chi connectivity index (χ0n) is 30.7. The second-order valence-electron chi connectivity index (χ2n) is 15.7. The van der Waals surface area contributed by atoms with Gasteiger partial charge in [-0.3, -0.25) is 14.8 Å². The van der Waals surface area contributed by atoms with Gasteiger partial charge in [-0.1, -0.05) is 93.7 Å².